The molecule has 216 valence electrons. The molecule has 0 spiro atoms. The zero-order chi connectivity index (χ0) is 29.5. The molecule has 43 heavy (non-hydrogen) atoms. The smallest absolute Gasteiger partial charge is 0.258 e. The molecule has 3 aliphatic rings. The highest BCUT2D eigenvalue weighted by atomic mass is 32.2. The minimum Gasteiger partial charge on any atom is -0.507 e. The first-order valence-electron chi connectivity index (χ1n) is 14.3. The second kappa shape index (κ2) is 11.1. The predicted molar refractivity (Wildman–Crippen MR) is 163 cm³/mol. The van der Waals surface area contributed by atoms with Crippen LogP contribution in [0.1, 0.15) is 43.1 Å². The van der Waals surface area contributed by atoms with Gasteiger partial charge in [-0.25, -0.2) is 0 Å². The van der Waals surface area contributed by atoms with Crippen LogP contribution in [0.25, 0.3) is 0 Å². The van der Waals surface area contributed by atoms with Crippen LogP contribution in [0, 0.1) is 5.92 Å². The first-order valence-corrected chi connectivity index (χ1v) is 15.1. The number of likely N-dealkylation sites (tertiary alicyclic amines) is 2. The average molecular weight is 592 g/mol. The second-order valence-corrected chi connectivity index (χ2v) is 12.1. The van der Waals surface area contributed by atoms with E-state index in [-0.39, 0.29) is 41.0 Å². The highest BCUT2D eigenvalue weighted by Gasteiger charge is 2.45. The Morgan fingerprint density at radius 1 is 0.907 bits per heavy atom. The molecule has 7 rings (SSSR count). The van der Waals surface area contributed by atoms with Crippen molar-refractivity contribution >= 4 is 35.2 Å². The van der Waals surface area contributed by atoms with Gasteiger partial charge in [0.15, 0.2) is 0 Å². The van der Waals surface area contributed by atoms with Crippen LogP contribution in [0.15, 0.2) is 101 Å². The van der Waals surface area contributed by atoms with E-state index in [4.69, 9.17) is 4.74 Å². The van der Waals surface area contributed by atoms with Crippen LogP contribution >= 0.6 is 11.8 Å². The van der Waals surface area contributed by atoms with Gasteiger partial charge in [-0.3, -0.25) is 14.4 Å². The number of nitrogens with one attached hydrogen (secondary N) is 1. The number of benzene rings is 4. The summed E-state index contributed by atoms with van der Waals surface area (Å²) >= 11 is 1.50. The van der Waals surface area contributed by atoms with Crippen LogP contribution in [-0.2, 0) is 6.61 Å². The van der Waals surface area contributed by atoms with E-state index < -0.39 is 0 Å². The summed E-state index contributed by atoms with van der Waals surface area (Å²) in [6.07, 6.45) is 0.778. The van der Waals surface area contributed by atoms with Crippen molar-refractivity contribution in [1.29, 1.82) is 0 Å². The van der Waals surface area contributed by atoms with Crippen LogP contribution < -0.4 is 10.1 Å². The summed E-state index contributed by atoms with van der Waals surface area (Å²) in [5, 5.41) is 13.5. The van der Waals surface area contributed by atoms with Crippen LogP contribution in [0.2, 0.25) is 0 Å². The Labute approximate surface area is 253 Å². The van der Waals surface area contributed by atoms with Crippen molar-refractivity contribution in [2.24, 2.45) is 5.92 Å². The molecular weight excluding hydrogens is 562 g/mol. The Morgan fingerprint density at radius 3 is 2.58 bits per heavy atom. The van der Waals surface area contributed by atoms with Gasteiger partial charge in [0.2, 0.25) is 0 Å². The molecule has 2 fully saturated rings. The molecule has 4 aromatic carbocycles. The number of anilines is 1. The number of fused-ring (bicyclic) bond motifs is 3. The zero-order valence-corrected chi connectivity index (χ0v) is 24.0. The van der Waals surface area contributed by atoms with Crippen molar-refractivity contribution in [3.8, 4) is 11.5 Å². The molecule has 9 heteroatoms. The molecule has 2 saturated heterocycles. The lowest BCUT2D eigenvalue weighted by Gasteiger charge is -2.25. The number of carbonyl (C=O) groups excluding carboxylic acids is 3. The van der Waals surface area contributed by atoms with Gasteiger partial charge in [0.1, 0.15) is 18.1 Å². The Balaban J connectivity index is 1.05. The molecule has 3 aliphatic heterocycles. The topological polar surface area (TPSA) is 99.2 Å². The van der Waals surface area contributed by atoms with Crippen molar-refractivity contribution in [1.82, 2.24) is 9.80 Å². The maximum absolute atomic E-state index is 13.7. The highest BCUT2D eigenvalue weighted by Crippen LogP contribution is 2.40. The third-order valence-corrected chi connectivity index (χ3v) is 9.52. The van der Waals surface area contributed by atoms with E-state index in [2.05, 4.69) is 5.32 Å². The van der Waals surface area contributed by atoms with E-state index in [1.54, 1.807) is 40.1 Å². The molecule has 0 radical (unpaired) electrons. The quantitative estimate of drug-likeness (QED) is 0.310. The number of nitrogens with zero attached hydrogens (tertiary/aromatic N) is 2. The van der Waals surface area contributed by atoms with Gasteiger partial charge in [-0.05, 0) is 60.5 Å². The summed E-state index contributed by atoms with van der Waals surface area (Å²) in [4.78, 5) is 45.4. The Morgan fingerprint density at radius 2 is 1.72 bits per heavy atom. The van der Waals surface area contributed by atoms with Crippen molar-refractivity contribution in [3.05, 3.63) is 113 Å². The molecular formula is C34H29N3O5S. The molecule has 0 saturated carbocycles. The maximum atomic E-state index is 13.7. The fourth-order valence-corrected chi connectivity index (χ4v) is 7.15. The predicted octanol–water partition coefficient (Wildman–Crippen LogP) is 5.67. The third kappa shape index (κ3) is 5.21. The van der Waals surface area contributed by atoms with Crippen LogP contribution in [-0.4, -0.2) is 58.3 Å². The molecule has 8 nitrogen and oxygen atoms in total. The van der Waals surface area contributed by atoms with Crippen LogP contribution in [0.4, 0.5) is 5.69 Å². The number of phenols is 1. The molecule has 4 aromatic rings. The van der Waals surface area contributed by atoms with Gasteiger partial charge < -0.3 is 25.0 Å². The van der Waals surface area contributed by atoms with Crippen LogP contribution in [0.3, 0.4) is 0 Å². The molecule has 3 amide bonds. The monoisotopic (exact) mass is 591 g/mol. The standard InChI is InChI=1S/C34H29N3O5S/c38-29-12-11-24(42-20-21-6-2-1-3-7-21)17-26(29)34(41)37-15-14-23-18-36(19-28(23)37)33(40)22-10-13-31-27(16-22)35-32(39)25-8-4-5-9-30(25)43-31/h1-13,16-17,23,28,38H,14-15,18-20H2,(H,35,39)/t23-,28+/m0/s1. The minimum atomic E-state index is -0.270. The van der Waals surface area contributed by atoms with Crippen molar-refractivity contribution in [3.63, 3.8) is 0 Å². The number of rotatable bonds is 5. The minimum absolute atomic E-state index is 0.0986. The lowest BCUT2D eigenvalue weighted by molar-refractivity contribution is 0.0686. The zero-order valence-electron chi connectivity index (χ0n) is 23.2. The summed E-state index contributed by atoms with van der Waals surface area (Å²) in [5.74, 6) is -0.0511. The lowest BCUT2D eigenvalue weighted by Crippen LogP contribution is -2.40. The first-order chi connectivity index (χ1) is 20.9. The molecule has 0 aromatic heterocycles. The van der Waals surface area contributed by atoms with Crippen LogP contribution in [0.5, 0.6) is 11.5 Å². The van der Waals surface area contributed by atoms with E-state index in [9.17, 15) is 19.5 Å². The van der Waals surface area contributed by atoms with E-state index in [1.807, 2.05) is 54.6 Å². The van der Waals surface area contributed by atoms with Gasteiger partial charge in [-0.2, -0.15) is 0 Å². The van der Waals surface area contributed by atoms with Crippen molar-refractivity contribution in [2.75, 3.05) is 25.0 Å². The van der Waals surface area contributed by atoms with Crippen molar-refractivity contribution < 1.29 is 24.2 Å². The Bertz CT molecular complexity index is 1740. The summed E-state index contributed by atoms with van der Waals surface area (Å²) in [7, 11) is 0. The van der Waals surface area contributed by atoms with Gasteiger partial charge in [0.05, 0.1) is 22.9 Å². The van der Waals surface area contributed by atoms with E-state index >= 15 is 0 Å². The number of carbonyl (C=O) groups is 3. The molecule has 3 heterocycles. The summed E-state index contributed by atoms with van der Waals surface area (Å²) in [6.45, 7) is 1.86. The molecule has 2 atom stereocenters. The Kier molecular flexibility index (Phi) is 7.02. The van der Waals surface area contributed by atoms with E-state index in [1.165, 1.54) is 17.8 Å². The van der Waals surface area contributed by atoms with Gasteiger partial charge in [-0.15, -0.1) is 0 Å². The number of phenolic OH excluding ortho intramolecular Hbond substituents is 1. The normalized spacial score (nSPS) is 18.7. The fraction of sp³-hybridized carbons (Fsp3) is 0.206. The summed E-state index contributed by atoms with van der Waals surface area (Å²) < 4.78 is 5.89. The van der Waals surface area contributed by atoms with Gasteiger partial charge in [-0.1, -0.05) is 54.2 Å². The van der Waals surface area contributed by atoms with E-state index in [0.717, 1.165) is 21.8 Å². The van der Waals surface area contributed by atoms with E-state index in [0.29, 0.717) is 48.8 Å². The Hall–Kier alpha value is -4.76. The maximum Gasteiger partial charge on any atom is 0.258 e. The van der Waals surface area contributed by atoms with Gasteiger partial charge in [0.25, 0.3) is 17.7 Å². The number of hydrogen-bond acceptors (Lipinski definition) is 6. The fourth-order valence-electron chi connectivity index (χ4n) is 6.14. The largest absolute Gasteiger partial charge is 0.507 e. The summed E-state index contributed by atoms with van der Waals surface area (Å²) in [5.41, 5.74) is 2.90. The first kappa shape index (κ1) is 27.1. The number of amides is 3. The number of ether oxygens (including phenoxy) is 1. The molecule has 0 unspecified atom stereocenters. The molecule has 0 bridgehead atoms. The summed E-state index contributed by atoms with van der Waals surface area (Å²) in [6, 6.07) is 27.2. The number of aromatic hydroxyl groups is 1. The van der Waals surface area contributed by atoms with Gasteiger partial charge >= 0.3 is 0 Å². The number of hydrogen-bond donors (Lipinski definition) is 2. The molecule has 0 aliphatic carbocycles. The van der Waals surface area contributed by atoms with Crippen molar-refractivity contribution in [2.45, 2.75) is 28.9 Å². The highest BCUT2D eigenvalue weighted by molar-refractivity contribution is 7.99. The van der Waals surface area contributed by atoms with Gasteiger partial charge in [0, 0.05) is 40.9 Å². The lowest BCUT2D eigenvalue weighted by atomic mass is 10.0. The third-order valence-electron chi connectivity index (χ3n) is 8.37. The average Bonchev–Trinajstić information content (AvgIpc) is 3.59. The second-order valence-electron chi connectivity index (χ2n) is 11.0. The molecule has 2 N–H and O–H groups in total. The SMILES string of the molecule is O=C1Nc2cc(C(=O)N3C[C@@H]4CCN(C(=O)c5cc(OCc6ccccc6)ccc5O)[C@@H]4C3)ccc2Sc2ccccc21.